The maximum atomic E-state index is 13.4. The van der Waals surface area contributed by atoms with Crippen LogP contribution in [-0.4, -0.2) is 82.9 Å². The fourth-order valence-electron chi connectivity index (χ4n) is 6.15. The van der Waals surface area contributed by atoms with Gasteiger partial charge in [-0.15, -0.1) is 0 Å². The Bertz CT molecular complexity index is 1240. The number of hydrogen-bond donors (Lipinski definition) is 0. The molecule has 8 heteroatoms. The molecule has 3 heterocycles. The Balaban J connectivity index is 1.10. The standard InChI is InChI=1S/C30H34N4O4/c35-27(32-19-17-31(18-20-32)24-9-6-10-24)22-38-29(37)33-15-13-30(14-16-33)26-12-5-4-11-25(26)28(36)34(30)21-23-7-2-1-3-8-23/h1-5,7-8,11-13,15,24H,6,9-10,14,16-22H2. The molecule has 8 nitrogen and oxygen atoms in total. The van der Waals surface area contributed by atoms with E-state index in [0.29, 0.717) is 44.2 Å². The molecule has 2 aromatic rings. The summed E-state index contributed by atoms with van der Waals surface area (Å²) in [6.45, 7) is 3.76. The molecule has 6 rings (SSSR count). The van der Waals surface area contributed by atoms with E-state index >= 15 is 0 Å². The molecule has 2 aromatic carbocycles. The summed E-state index contributed by atoms with van der Waals surface area (Å²) in [5, 5.41) is 0. The Hall–Kier alpha value is -3.65. The summed E-state index contributed by atoms with van der Waals surface area (Å²) in [4.78, 5) is 46.6. The van der Waals surface area contributed by atoms with Gasteiger partial charge in [-0.3, -0.25) is 19.4 Å². The highest BCUT2D eigenvalue weighted by molar-refractivity contribution is 6.00. The van der Waals surface area contributed by atoms with E-state index in [4.69, 9.17) is 4.74 Å². The van der Waals surface area contributed by atoms with Crippen molar-refractivity contribution in [2.75, 3.05) is 39.3 Å². The van der Waals surface area contributed by atoms with Crippen molar-refractivity contribution in [3.8, 4) is 0 Å². The highest BCUT2D eigenvalue weighted by Crippen LogP contribution is 2.45. The molecular weight excluding hydrogens is 480 g/mol. The minimum atomic E-state index is -0.629. The van der Waals surface area contributed by atoms with Crippen LogP contribution in [0.2, 0.25) is 0 Å². The number of benzene rings is 2. The Kier molecular flexibility index (Phi) is 6.66. The number of carbonyl (C=O) groups is 3. The minimum absolute atomic E-state index is 0.00636. The maximum Gasteiger partial charge on any atom is 0.414 e. The van der Waals surface area contributed by atoms with E-state index in [9.17, 15) is 14.4 Å². The van der Waals surface area contributed by atoms with E-state index < -0.39 is 11.6 Å². The fourth-order valence-corrected chi connectivity index (χ4v) is 6.15. The average molecular weight is 515 g/mol. The zero-order valence-electron chi connectivity index (χ0n) is 21.6. The number of fused-ring (bicyclic) bond motifs is 2. The Labute approximate surface area is 223 Å². The summed E-state index contributed by atoms with van der Waals surface area (Å²) in [6, 6.07) is 18.3. The summed E-state index contributed by atoms with van der Waals surface area (Å²) < 4.78 is 5.42. The van der Waals surface area contributed by atoms with Crippen LogP contribution in [-0.2, 0) is 21.6 Å². The molecule has 1 saturated heterocycles. The van der Waals surface area contributed by atoms with E-state index in [1.807, 2.05) is 65.6 Å². The van der Waals surface area contributed by atoms with Crippen LogP contribution in [0.15, 0.2) is 66.9 Å². The lowest BCUT2D eigenvalue weighted by molar-refractivity contribution is -0.136. The van der Waals surface area contributed by atoms with Crippen molar-refractivity contribution in [1.82, 2.24) is 19.6 Å². The predicted molar refractivity (Wildman–Crippen MR) is 142 cm³/mol. The van der Waals surface area contributed by atoms with Crippen molar-refractivity contribution in [3.05, 3.63) is 83.6 Å². The summed E-state index contributed by atoms with van der Waals surface area (Å²) >= 11 is 0. The van der Waals surface area contributed by atoms with Gasteiger partial charge in [-0.1, -0.05) is 55.0 Å². The zero-order chi connectivity index (χ0) is 26.1. The molecule has 2 fully saturated rings. The van der Waals surface area contributed by atoms with E-state index in [1.165, 1.54) is 24.2 Å². The third-order valence-corrected chi connectivity index (χ3v) is 8.61. The van der Waals surface area contributed by atoms with Crippen molar-refractivity contribution >= 4 is 17.9 Å². The minimum Gasteiger partial charge on any atom is -0.439 e. The number of hydrogen-bond acceptors (Lipinski definition) is 5. The zero-order valence-corrected chi connectivity index (χ0v) is 21.6. The lowest BCUT2D eigenvalue weighted by Gasteiger charge is -2.43. The topological polar surface area (TPSA) is 73.4 Å². The van der Waals surface area contributed by atoms with Crippen LogP contribution in [0.4, 0.5) is 4.79 Å². The van der Waals surface area contributed by atoms with Crippen molar-refractivity contribution in [1.29, 1.82) is 0 Å². The molecule has 1 unspecified atom stereocenters. The van der Waals surface area contributed by atoms with Crippen molar-refractivity contribution in [2.45, 2.75) is 43.8 Å². The van der Waals surface area contributed by atoms with Crippen molar-refractivity contribution < 1.29 is 19.1 Å². The van der Waals surface area contributed by atoms with Gasteiger partial charge in [0.2, 0.25) is 0 Å². The molecule has 0 radical (unpaired) electrons. The summed E-state index contributed by atoms with van der Waals surface area (Å²) in [5.41, 5.74) is 2.08. The molecule has 0 N–H and O–H groups in total. The molecule has 3 aliphatic heterocycles. The van der Waals surface area contributed by atoms with Crippen LogP contribution in [0.3, 0.4) is 0 Å². The maximum absolute atomic E-state index is 13.4. The van der Waals surface area contributed by atoms with Crippen LogP contribution < -0.4 is 0 Å². The van der Waals surface area contributed by atoms with E-state index in [2.05, 4.69) is 4.90 Å². The second kappa shape index (κ2) is 10.3. The highest BCUT2D eigenvalue weighted by Gasteiger charge is 2.49. The number of carbonyl (C=O) groups excluding carboxylic acids is 3. The second-order valence-electron chi connectivity index (χ2n) is 10.7. The van der Waals surface area contributed by atoms with E-state index in [-0.39, 0.29) is 18.4 Å². The molecule has 38 heavy (non-hydrogen) atoms. The quantitative estimate of drug-likeness (QED) is 0.610. The molecule has 1 spiro atoms. The molecular formula is C30H34N4O4. The van der Waals surface area contributed by atoms with Gasteiger partial charge in [-0.05, 0) is 42.5 Å². The van der Waals surface area contributed by atoms with Gasteiger partial charge in [-0.25, -0.2) is 4.79 Å². The molecule has 4 aliphatic rings. The van der Waals surface area contributed by atoms with Crippen LogP contribution in [0.25, 0.3) is 0 Å². The van der Waals surface area contributed by atoms with Gasteiger partial charge in [0.05, 0.1) is 5.54 Å². The molecule has 198 valence electrons. The second-order valence-corrected chi connectivity index (χ2v) is 10.7. The van der Waals surface area contributed by atoms with Gasteiger partial charge in [0.15, 0.2) is 6.61 Å². The van der Waals surface area contributed by atoms with Gasteiger partial charge >= 0.3 is 6.09 Å². The summed E-state index contributed by atoms with van der Waals surface area (Å²) in [5.74, 6) is -0.151. The molecule has 0 aromatic heterocycles. The molecule has 1 aliphatic carbocycles. The van der Waals surface area contributed by atoms with Crippen LogP contribution in [0.5, 0.6) is 0 Å². The third kappa shape index (κ3) is 4.47. The average Bonchev–Trinajstić information content (AvgIpc) is 3.15. The van der Waals surface area contributed by atoms with Gasteiger partial charge < -0.3 is 14.5 Å². The smallest absolute Gasteiger partial charge is 0.414 e. The highest BCUT2D eigenvalue weighted by atomic mass is 16.6. The van der Waals surface area contributed by atoms with Gasteiger partial charge in [-0.2, -0.15) is 0 Å². The normalized spacial score (nSPS) is 23.5. The molecule has 1 saturated carbocycles. The molecule has 3 amide bonds. The number of amides is 3. The van der Waals surface area contributed by atoms with Crippen molar-refractivity contribution in [2.24, 2.45) is 0 Å². The first-order chi connectivity index (χ1) is 18.5. The van der Waals surface area contributed by atoms with E-state index in [0.717, 1.165) is 24.2 Å². The lowest BCUT2D eigenvalue weighted by Crippen LogP contribution is -2.54. The Morgan fingerprint density at radius 3 is 2.34 bits per heavy atom. The first-order valence-corrected chi connectivity index (χ1v) is 13.7. The lowest BCUT2D eigenvalue weighted by atomic mass is 9.84. The molecule has 1 atom stereocenters. The monoisotopic (exact) mass is 514 g/mol. The Morgan fingerprint density at radius 1 is 0.921 bits per heavy atom. The summed E-state index contributed by atoms with van der Waals surface area (Å²) in [7, 11) is 0. The SMILES string of the molecule is O=C(OCC(=O)N1CCN(C2CCC2)CC1)N1C=CC2(CC1)c1ccccc1C(=O)N2Cc1ccccc1. The number of nitrogens with zero attached hydrogens (tertiary/aromatic N) is 4. The van der Waals surface area contributed by atoms with Crippen LogP contribution in [0, 0.1) is 0 Å². The summed E-state index contributed by atoms with van der Waals surface area (Å²) in [6.07, 6.45) is 7.49. The number of ether oxygens (including phenoxy) is 1. The number of piperazine rings is 1. The van der Waals surface area contributed by atoms with Gasteiger partial charge in [0.1, 0.15) is 0 Å². The van der Waals surface area contributed by atoms with Crippen LogP contribution >= 0.6 is 0 Å². The Morgan fingerprint density at radius 2 is 1.66 bits per heavy atom. The largest absolute Gasteiger partial charge is 0.439 e. The van der Waals surface area contributed by atoms with Gasteiger partial charge in [0, 0.05) is 57.1 Å². The van der Waals surface area contributed by atoms with Crippen LogP contribution in [0.1, 0.15) is 47.2 Å². The third-order valence-electron chi connectivity index (χ3n) is 8.61. The first-order valence-electron chi connectivity index (χ1n) is 13.7. The first kappa shape index (κ1) is 24.7. The molecule has 0 bridgehead atoms. The van der Waals surface area contributed by atoms with E-state index in [1.54, 1.807) is 11.1 Å². The number of rotatable bonds is 5. The fraction of sp³-hybridized carbons (Fsp3) is 0.433. The van der Waals surface area contributed by atoms with Gasteiger partial charge in [0.25, 0.3) is 11.8 Å². The predicted octanol–water partition coefficient (Wildman–Crippen LogP) is 3.59. The van der Waals surface area contributed by atoms with Crippen molar-refractivity contribution in [3.63, 3.8) is 0 Å².